The molecule has 5 heterocycles. The second kappa shape index (κ2) is 11.0. The number of hydrogen-bond donors (Lipinski definition) is 2. The van der Waals surface area contributed by atoms with Crippen LogP contribution in [-0.2, 0) is 24.3 Å². The van der Waals surface area contributed by atoms with E-state index in [9.17, 15) is 27.6 Å². The Morgan fingerprint density at radius 3 is 2.43 bits per heavy atom. The van der Waals surface area contributed by atoms with E-state index in [1.807, 2.05) is 0 Å². The van der Waals surface area contributed by atoms with Gasteiger partial charge in [0.1, 0.15) is 11.0 Å². The Morgan fingerprint density at radius 2 is 1.74 bits per heavy atom. The zero-order chi connectivity index (χ0) is 32.2. The lowest BCUT2D eigenvalue weighted by atomic mass is 10.1. The number of pyridine rings is 1. The third-order valence-corrected chi connectivity index (χ3v) is 8.28. The topological polar surface area (TPSA) is 213 Å². The van der Waals surface area contributed by atoms with Gasteiger partial charge in [0.15, 0.2) is 17.2 Å². The normalized spacial score (nSPS) is 16.7. The van der Waals surface area contributed by atoms with Crippen molar-refractivity contribution in [1.29, 1.82) is 0 Å². The van der Waals surface area contributed by atoms with E-state index in [4.69, 9.17) is 14.4 Å². The summed E-state index contributed by atoms with van der Waals surface area (Å²) in [6.45, 7) is 0.278. The highest BCUT2D eigenvalue weighted by molar-refractivity contribution is 7.89. The van der Waals surface area contributed by atoms with Crippen molar-refractivity contribution in [3.05, 3.63) is 90.7 Å². The molecule has 0 saturated carbocycles. The summed E-state index contributed by atoms with van der Waals surface area (Å²) in [5.41, 5.74) is 0.673. The highest BCUT2D eigenvalue weighted by Crippen LogP contribution is 2.36. The number of amides is 4. The number of nitrogens with zero attached hydrogens (tertiary/aromatic N) is 6. The second-order valence-corrected chi connectivity index (χ2v) is 11.7. The molecule has 0 aliphatic carbocycles. The molecular formula is C29H21N8O8S. The van der Waals surface area contributed by atoms with Gasteiger partial charge in [0.25, 0.3) is 17.7 Å². The van der Waals surface area contributed by atoms with Gasteiger partial charge >= 0.3 is 0 Å². The number of rotatable bonds is 7. The maximum Gasteiger partial charge on any atom is 0.267 e. The summed E-state index contributed by atoms with van der Waals surface area (Å²) < 4.78 is 37.6. The molecule has 2 aliphatic rings. The molecule has 2 aromatic carbocycles. The number of ether oxygens (including phenoxy) is 1. The molecule has 3 aromatic heterocycles. The maximum absolute atomic E-state index is 13.3. The van der Waals surface area contributed by atoms with E-state index in [2.05, 4.69) is 20.6 Å². The predicted octanol–water partition coefficient (Wildman–Crippen LogP) is 1.43. The number of carbonyl (C=O) groups excluding carboxylic acids is 4. The van der Waals surface area contributed by atoms with Gasteiger partial charge in [-0.3, -0.25) is 29.1 Å². The summed E-state index contributed by atoms with van der Waals surface area (Å²) in [6, 6.07) is 13.5. The van der Waals surface area contributed by atoms with Gasteiger partial charge in [-0.15, -0.1) is 5.10 Å². The minimum Gasteiger partial charge on any atom is -0.366 e. The average Bonchev–Trinajstić information content (AvgIpc) is 3.75. The molecule has 0 bridgehead atoms. The molecule has 2 aliphatic heterocycles. The number of sulfonamides is 1. The Balaban J connectivity index is 1.12. The van der Waals surface area contributed by atoms with Crippen LogP contribution in [0.1, 0.15) is 20.7 Å². The van der Waals surface area contributed by atoms with Crippen LogP contribution >= 0.6 is 0 Å². The Labute approximate surface area is 259 Å². The molecular weight excluding hydrogens is 620 g/mol. The molecule has 0 unspecified atom stereocenters. The Kier molecular flexibility index (Phi) is 6.92. The highest BCUT2D eigenvalue weighted by atomic mass is 32.2. The smallest absolute Gasteiger partial charge is 0.267 e. The molecule has 1 saturated heterocycles. The van der Waals surface area contributed by atoms with Crippen molar-refractivity contribution in [1.82, 2.24) is 19.9 Å². The molecule has 1 atom stereocenters. The van der Waals surface area contributed by atoms with Crippen LogP contribution in [0, 0.1) is 6.42 Å². The number of hydrogen-bond acceptors (Lipinski definition) is 11. The number of anilines is 3. The molecule has 7 rings (SSSR count). The number of nitrogens with one attached hydrogen (secondary N) is 1. The predicted molar refractivity (Wildman–Crippen MR) is 159 cm³/mol. The summed E-state index contributed by atoms with van der Waals surface area (Å²) in [6.07, 6.45) is 4.53. The van der Waals surface area contributed by atoms with Gasteiger partial charge < -0.3 is 14.6 Å². The molecule has 3 N–H and O–H groups in total. The van der Waals surface area contributed by atoms with Crippen LogP contribution in [0.3, 0.4) is 0 Å². The molecule has 16 nitrogen and oxygen atoms in total. The standard InChI is InChI=1S/C29H21N8O8S/c30-46(42,43)23-13-19-21(45-34-26(19)37-27(39)17-3-1-2-4-18(17)28(37)40)14-20(23)32-25(38)15-22-29(41)35(11-12-44-22)24-7-10-36(33-24)16-5-8-31-9-6-16/h1-10,13-15,22H,11-12H2,(H,32,38)(H2,30,42,43)/t22-/m1/s1. The molecule has 231 valence electrons. The largest absolute Gasteiger partial charge is 0.366 e. The van der Waals surface area contributed by atoms with Crippen molar-refractivity contribution in [3.63, 3.8) is 0 Å². The molecule has 17 heteroatoms. The number of nitrogens with two attached hydrogens (primary N) is 1. The number of carbonyl (C=O) groups is 4. The third-order valence-electron chi connectivity index (χ3n) is 7.33. The van der Waals surface area contributed by atoms with Gasteiger partial charge in [-0.2, -0.15) is 0 Å². The molecule has 4 amide bonds. The van der Waals surface area contributed by atoms with Crippen molar-refractivity contribution in [2.75, 3.05) is 28.3 Å². The SMILES string of the molecule is NS(=O)(=O)c1cc2c(N3C(=O)c4ccccc4C3=O)noc2cc1NC(=O)[CH][C@H]1OCCN(c2ccn(-c3ccncc3)n2)C1=O. The maximum atomic E-state index is 13.3. The number of primary sulfonamides is 1. The van der Waals surface area contributed by atoms with Gasteiger partial charge in [-0.05, 0) is 30.3 Å². The van der Waals surface area contributed by atoms with E-state index in [0.29, 0.717) is 5.82 Å². The average molecular weight is 642 g/mol. The van der Waals surface area contributed by atoms with Crippen LogP contribution in [0.4, 0.5) is 17.3 Å². The van der Waals surface area contributed by atoms with E-state index in [1.54, 1.807) is 53.6 Å². The fraction of sp³-hybridized carbons (Fsp3) is 0.103. The fourth-order valence-electron chi connectivity index (χ4n) is 5.19. The minimum atomic E-state index is -4.49. The fourth-order valence-corrected chi connectivity index (χ4v) is 5.89. The van der Waals surface area contributed by atoms with Gasteiger partial charge in [0.2, 0.25) is 15.9 Å². The van der Waals surface area contributed by atoms with E-state index in [1.165, 1.54) is 17.0 Å². The second-order valence-electron chi connectivity index (χ2n) is 10.1. The van der Waals surface area contributed by atoms with Crippen LogP contribution in [-0.4, -0.2) is 71.2 Å². The number of benzene rings is 2. The van der Waals surface area contributed by atoms with Crippen molar-refractivity contribution in [2.24, 2.45) is 5.14 Å². The number of fused-ring (bicyclic) bond motifs is 2. The first-order valence-electron chi connectivity index (χ1n) is 13.6. The summed E-state index contributed by atoms with van der Waals surface area (Å²) in [4.78, 5) is 57.9. The summed E-state index contributed by atoms with van der Waals surface area (Å²) >= 11 is 0. The molecule has 5 aromatic rings. The van der Waals surface area contributed by atoms with E-state index in [-0.39, 0.29) is 46.8 Å². The van der Waals surface area contributed by atoms with Crippen LogP contribution in [0.15, 0.2) is 82.6 Å². The molecule has 46 heavy (non-hydrogen) atoms. The zero-order valence-electron chi connectivity index (χ0n) is 23.4. The molecule has 1 radical (unpaired) electrons. The third kappa shape index (κ3) is 4.97. The van der Waals surface area contributed by atoms with Crippen molar-refractivity contribution < 1.29 is 36.9 Å². The summed E-state index contributed by atoms with van der Waals surface area (Å²) in [7, 11) is -4.49. The zero-order valence-corrected chi connectivity index (χ0v) is 24.2. The van der Waals surface area contributed by atoms with Gasteiger partial charge in [-0.1, -0.05) is 17.3 Å². The first kappa shape index (κ1) is 29.0. The Morgan fingerprint density at radius 1 is 1.02 bits per heavy atom. The first-order valence-corrected chi connectivity index (χ1v) is 15.1. The number of imide groups is 1. The van der Waals surface area contributed by atoms with Crippen LogP contribution in [0.5, 0.6) is 0 Å². The lowest BCUT2D eigenvalue weighted by Crippen LogP contribution is -2.49. The first-order chi connectivity index (χ1) is 22.1. The minimum absolute atomic E-state index is 0.0202. The van der Waals surface area contributed by atoms with Gasteiger partial charge in [0.05, 0.1) is 47.5 Å². The number of morpholine rings is 1. The summed E-state index contributed by atoms with van der Waals surface area (Å²) in [5, 5.41) is 16.1. The van der Waals surface area contributed by atoms with Gasteiger partial charge in [-0.25, -0.2) is 23.1 Å². The highest BCUT2D eigenvalue weighted by Gasteiger charge is 2.40. The van der Waals surface area contributed by atoms with E-state index >= 15 is 0 Å². The van der Waals surface area contributed by atoms with Crippen molar-refractivity contribution in [2.45, 2.75) is 11.0 Å². The lowest BCUT2D eigenvalue weighted by molar-refractivity contribution is -0.133. The Hall–Kier alpha value is -5.78. The van der Waals surface area contributed by atoms with Crippen LogP contribution in [0.25, 0.3) is 16.7 Å². The molecule has 1 fully saturated rings. The van der Waals surface area contributed by atoms with Crippen molar-refractivity contribution in [3.8, 4) is 5.69 Å². The van der Waals surface area contributed by atoms with Crippen molar-refractivity contribution >= 4 is 61.9 Å². The van der Waals surface area contributed by atoms with Crippen LogP contribution in [0.2, 0.25) is 0 Å². The lowest BCUT2D eigenvalue weighted by Gasteiger charge is -2.30. The van der Waals surface area contributed by atoms with E-state index in [0.717, 1.165) is 29.1 Å². The van der Waals surface area contributed by atoms with E-state index < -0.39 is 44.7 Å². The van der Waals surface area contributed by atoms with Gasteiger partial charge in [0, 0.05) is 30.7 Å². The molecule has 0 spiro atoms. The quantitative estimate of drug-likeness (QED) is 0.243. The number of aromatic nitrogens is 4. The Bertz CT molecular complexity index is 2140. The monoisotopic (exact) mass is 641 g/mol. The summed E-state index contributed by atoms with van der Waals surface area (Å²) in [5.74, 6) is -2.70. The van der Waals surface area contributed by atoms with Crippen LogP contribution < -0.4 is 20.3 Å².